The molecule has 0 spiro atoms. The number of amides is 1. The zero-order valence-electron chi connectivity index (χ0n) is 25.4. The molecule has 1 amide bonds. The van der Waals surface area contributed by atoms with Crippen molar-refractivity contribution in [2.45, 2.75) is 65.5 Å². The summed E-state index contributed by atoms with van der Waals surface area (Å²) in [4.78, 5) is 39.8. The summed E-state index contributed by atoms with van der Waals surface area (Å²) in [5.41, 5.74) is 3.09. The van der Waals surface area contributed by atoms with Gasteiger partial charge in [-0.15, -0.1) is 0 Å². The number of Topliss-reactive ketones (excluding diaryl/α,β-unsaturated/α-hetero) is 1. The van der Waals surface area contributed by atoms with Gasteiger partial charge in [0.2, 0.25) is 5.91 Å². The highest BCUT2D eigenvalue weighted by Crippen LogP contribution is 2.23. The van der Waals surface area contributed by atoms with Gasteiger partial charge in [0.1, 0.15) is 18.4 Å². The summed E-state index contributed by atoms with van der Waals surface area (Å²) in [6.45, 7) is 9.36. The summed E-state index contributed by atoms with van der Waals surface area (Å²) in [5, 5.41) is 6.27. The van der Waals surface area contributed by atoms with Crippen molar-refractivity contribution in [3.8, 4) is 0 Å². The Hall–Kier alpha value is -3.77. The molecular weight excluding hydrogens is 524 g/mol. The molecule has 0 aliphatic heterocycles. The molecule has 0 aliphatic rings. The van der Waals surface area contributed by atoms with E-state index < -0.39 is 17.9 Å². The average Bonchev–Trinajstić information content (AvgIpc) is 2.98. The van der Waals surface area contributed by atoms with Crippen molar-refractivity contribution in [1.29, 1.82) is 0 Å². The lowest BCUT2D eigenvalue weighted by Gasteiger charge is -2.24. The van der Waals surface area contributed by atoms with E-state index >= 15 is 0 Å². The highest BCUT2D eigenvalue weighted by molar-refractivity contribution is 5.90. The Labute approximate surface area is 251 Å². The first-order valence-corrected chi connectivity index (χ1v) is 15.0. The van der Waals surface area contributed by atoms with Crippen LogP contribution in [0.1, 0.15) is 63.1 Å². The lowest BCUT2D eigenvalue weighted by molar-refractivity contribution is -0.150. The third kappa shape index (κ3) is 11.2. The topological polar surface area (TPSA) is 84.5 Å². The Kier molecular flexibility index (Phi) is 13.4. The molecule has 6 heteroatoms. The zero-order chi connectivity index (χ0) is 30.3. The largest absolute Gasteiger partial charge is 0.459 e. The number of carbonyl (C=O) groups is 3. The van der Waals surface area contributed by atoms with Gasteiger partial charge in [-0.25, -0.2) is 4.79 Å². The van der Waals surface area contributed by atoms with E-state index in [2.05, 4.69) is 36.6 Å². The normalized spacial score (nSPS) is 13.4. The van der Waals surface area contributed by atoms with Crippen LogP contribution in [0.5, 0.6) is 0 Å². The molecule has 3 aromatic rings. The van der Waals surface area contributed by atoms with Crippen LogP contribution in [0, 0.1) is 17.8 Å². The van der Waals surface area contributed by atoms with E-state index in [0.29, 0.717) is 25.3 Å². The molecule has 0 aliphatic carbocycles. The summed E-state index contributed by atoms with van der Waals surface area (Å²) in [6, 6.07) is 28.7. The maximum atomic E-state index is 13.6. The number of esters is 1. The minimum absolute atomic E-state index is 0.0336. The number of hydrogen-bond donors (Lipinski definition) is 2. The molecule has 224 valence electrons. The molecule has 2 N–H and O–H groups in total. The Bertz CT molecular complexity index is 1230. The molecule has 3 rings (SSSR count). The molecule has 0 fully saturated rings. The fraction of sp³-hybridized carbons (Fsp3) is 0.417. The van der Waals surface area contributed by atoms with Gasteiger partial charge in [0.05, 0.1) is 6.54 Å². The maximum absolute atomic E-state index is 13.6. The molecule has 0 heterocycles. The van der Waals surface area contributed by atoms with Crippen LogP contribution in [0.2, 0.25) is 0 Å². The van der Waals surface area contributed by atoms with Gasteiger partial charge in [-0.1, -0.05) is 119 Å². The van der Waals surface area contributed by atoms with Crippen molar-refractivity contribution < 1.29 is 19.1 Å². The van der Waals surface area contributed by atoms with Crippen molar-refractivity contribution in [3.05, 3.63) is 108 Å². The van der Waals surface area contributed by atoms with E-state index in [9.17, 15) is 14.4 Å². The molecule has 0 bridgehead atoms. The van der Waals surface area contributed by atoms with Crippen LogP contribution in [0.3, 0.4) is 0 Å². The predicted molar refractivity (Wildman–Crippen MR) is 168 cm³/mol. The van der Waals surface area contributed by atoms with Crippen LogP contribution in [0.15, 0.2) is 91.0 Å². The van der Waals surface area contributed by atoms with Crippen molar-refractivity contribution in [3.63, 3.8) is 0 Å². The van der Waals surface area contributed by atoms with Crippen molar-refractivity contribution >= 4 is 17.7 Å². The first-order chi connectivity index (χ1) is 20.2. The van der Waals surface area contributed by atoms with Crippen LogP contribution >= 0.6 is 0 Å². The Morgan fingerprint density at radius 2 is 1.33 bits per heavy atom. The number of ether oxygens (including phenoxy) is 1. The van der Waals surface area contributed by atoms with E-state index in [4.69, 9.17) is 4.74 Å². The summed E-state index contributed by atoms with van der Waals surface area (Å²) in [6.07, 6.45) is 0.937. The van der Waals surface area contributed by atoms with Gasteiger partial charge in [0, 0.05) is 18.9 Å². The van der Waals surface area contributed by atoms with Crippen molar-refractivity contribution in [2.75, 3.05) is 13.1 Å². The molecule has 42 heavy (non-hydrogen) atoms. The van der Waals surface area contributed by atoms with Gasteiger partial charge in [-0.05, 0) is 47.3 Å². The Morgan fingerprint density at radius 3 is 1.90 bits per heavy atom. The molecule has 6 nitrogen and oxygen atoms in total. The smallest absolute Gasteiger partial charge is 0.328 e. The first kappa shape index (κ1) is 32.7. The van der Waals surface area contributed by atoms with Crippen molar-refractivity contribution in [2.24, 2.45) is 17.8 Å². The van der Waals surface area contributed by atoms with Crippen LogP contribution in [-0.4, -0.2) is 36.8 Å². The van der Waals surface area contributed by atoms with Gasteiger partial charge in [-0.3, -0.25) is 9.59 Å². The minimum atomic E-state index is -0.787. The highest BCUT2D eigenvalue weighted by atomic mass is 16.5. The molecular formula is C36H46N2O4. The monoisotopic (exact) mass is 570 g/mol. The average molecular weight is 571 g/mol. The van der Waals surface area contributed by atoms with Gasteiger partial charge in [0.25, 0.3) is 0 Å². The van der Waals surface area contributed by atoms with Crippen molar-refractivity contribution in [1.82, 2.24) is 10.6 Å². The zero-order valence-corrected chi connectivity index (χ0v) is 25.4. The summed E-state index contributed by atoms with van der Waals surface area (Å²) in [7, 11) is 0. The van der Waals surface area contributed by atoms with Gasteiger partial charge >= 0.3 is 5.97 Å². The van der Waals surface area contributed by atoms with Crippen LogP contribution in [-0.2, 0) is 32.1 Å². The van der Waals surface area contributed by atoms with E-state index in [-0.39, 0.29) is 43.1 Å². The molecule has 0 saturated heterocycles. The van der Waals surface area contributed by atoms with Gasteiger partial charge in [-0.2, -0.15) is 0 Å². The second-order valence-electron chi connectivity index (χ2n) is 11.8. The lowest BCUT2D eigenvalue weighted by atomic mass is 9.88. The molecule has 0 aromatic heterocycles. The molecule has 0 radical (unpaired) electrons. The number of ketones is 1. The quantitative estimate of drug-likeness (QED) is 0.191. The minimum Gasteiger partial charge on any atom is -0.459 e. The molecule has 3 aromatic carbocycles. The number of carbonyl (C=O) groups excluding carboxylic acids is 3. The van der Waals surface area contributed by atoms with Crippen LogP contribution in [0.25, 0.3) is 0 Å². The second-order valence-corrected chi connectivity index (χ2v) is 11.8. The Morgan fingerprint density at radius 1 is 0.762 bits per heavy atom. The maximum Gasteiger partial charge on any atom is 0.328 e. The van der Waals surface area contributed by atoms with E-state index in [1.807, 2.05) is 92.7 Å². The van der Waals surface area contributed by atoms with E-state index in [0.717, 1.165) is 11.1 Å². The van der Waals surface area contributed by atoms with Gasteiger partial charge < -0.3 is 15.4 Å². The molecule has 0 unspecified atom stereocenters. The SMILES string of the molecule is CC(C)C[C@@H](NC(=O)[C@H](CC(=O)CNC[C@@H](c1ccccc1)C(C)C)Cc1ccccc1)C(=O)OCc1ccccc1. The lowest BCUT2D eigenvalue weighted by Crippen LogP contribution is -2.46. The molecule has 3 atom stereocenters. The van der Waals surface area contributed by atoms with Gasteiger partial charge in [0.15, 0.2) is 0 Å². The number of benzene rings is 3. The third-order valence-electron chi connectivity index (χ3n) is 7.42. The summed E-state index contributed by atoms with van der Waals surface area (Å²) < 4.78 is 5.57. The fourth-order valence-corrected chi connectivity index (χ4v) is 5.11. The first-order valence-electron chi connectivity index (χ1n) is 15.0. The van der Waals surface area contributed by atoms with Crippen LogP contribution < -0.4 is 10.6 Å². The highest BCUT2D eigenvalue weighted by Gasteiger charge is 2.29. The summed E-state index contributed by atoms with van der Waals surface area (Å²) >= 11 is 0. The van der Waals surface area contributed by atoms with E-state index in [1.54, 1.807) is 0 Å². The second kappa shape index (κ2) is 17.2. The Balaban J connectivity index is 1.65. The number of nitrogens with one attached hydrogen (secondary N) is 2. The number of rotatable bonds is 17. The third-order valence-corrected chi connectivity index (χ3v) is 7.42. The van der Waals surface area contributed by atoms with E-state index in [1.165, 1.54) is 5.56 Å². The van der Waals surface area contributed by atoms with Crippen LogP contribution in [0.4, 0.5) is 0 Å². The molecule has 0 saturated carbocycles. The summed E-state index contributed by atoms with van der Waals surface area (Å²) in [5.74, 6) is -0.558. The number of hydrogen-bond acceptors (Lipinski definition) is 5. The predicted octanol–water partition coefficient (Wildman–Crippen LogP) is 6.11. The fourth-order valence-electron chi connectivity index (χ4n) is 5.11. The standard InChI is InChI=1S/C36H46N2O4/c1-26(2)20-34(36(41)42-25-29-16-10-6-11-17-29)38-35(40)31(21-28-14-8-5-9-15-28)22-32(39)23-37-24-33(27(3)4)30-18-12-7-13-19-30/h5-19,26-27,31,33-34,37H,20-25H2,1-4H3,(H,38,40)/t31-,33+,34+/m0/s1.